The topological polar surface area (TPSA) is 73.8 Å². The highest BCUT2D eigenvalue weighted by molar-refractivity contribution is 5.68. The van der Waals surface area contributed by atoms with Crippen molar-refractivity contribution in [1.82, 2.24) is 14.9 Å². The maximum Gasteiger partial charge on any atom is 0.215 e. The summed E-state index contributed by atoms with van der Waals surface area (Å²) < 4.78 is 1.25. The molecule has 5 nitrogen and oxygen atoms in total. The number of carbonyl (C=O) groups is 1. The zero-order chi connectivity index (χ0) is 9.68. The van der Waals surface area contributed by atoms with Crippen LogP contribution in [0.2, 0.25) is 0 Å². The number of carbonyl (C=O) groups excluding carboxylic acids is 1. The second-order valence-electron chi connectivity index (χ2n) is 2.92. The lowest BCUT2D eigenvalue weighted by Crippen LogP contribution is -2.15. The van der Waals surface area contributed by atoms with Crippen molar-refractivity contribution in [2.24, 2.45) is 0 Å². The zero-order valence-corrected chi connectivity index (χ0v) is 7.73. The summed E-state index contributed by atoms with van der Waals surface area (Å²) in [6, 6.07) is 0. The molecule has 0 saturated heterocycles. The van der Waals surface area contributed by atoms with E-state index in [1.165, 1.54) is 4.68 Å². The number of aromatic nitrogens is 3. The third kappa shape index (κ3) is 2.27. The number of hydrogen-bond donors (Lipinski definition) is 1. The van der Waals surface area contributed by atoms with E-state index in [4.69, 9.17) is 5.84 Å². The number of aldehydes is 1. The lowest BCUT2D eigenvalue weighted by Gasteiger charge is -1.99. The monoisotopic (exact) mass is 182 g/mol. The first-order valence-electron chi connectivity index (χ1n) is 4.44. The summed E-state index contributed by atoms with van der Waals surface area (Å²) >= 11 is 0. The first-order valence-corrected chi connectivity index (χ1v) is 4.44. The molecule has 0 aliphatic heterocycles. The highest BCUT2D eigenvalue weighted by Crippen LogP contribution is 2.02. The van der Waals surface area contributed by atoms with Gasteiger partial charge in [-0.1, -0.05) is 19.8 Å². The maximum absolute atomic E-state index is 10.4. The van der Waals surface area contributed by atoms with Crippen LogP contribution in [0, 0.1) is 0 Å². The molecule has 0 aliphatic carbocycles. The summed E-state index contributed by atoms with van der Waals surface area (Å²) in [6.45, 7) is 2.13. The molecule has 0 bridgehead atoms. The molecule has 72 valence electrons. The molecular weight excluding hydrogens is 168 g/mol. The maximum atomic E-state index is 10.4. The van der Waals surface area contributed by atoms with Gasteiger partial charge in [0.25, 0.3) is 0 Å². The van der Waals surface area contributed by atoms with Gasteiger partial charge in [-0.05, 0) is 6.42 Å². The Labute approximate surface area is 76.9 Å². The van der Waals surface area contributed by atoms with Crippen LogP contribution in [0.15, 0.2) is 0 Å². The molecule has 0 aliphatic rings. The number of nitrogens with two attached hydrogens (primary N) is 1. The Kier molecular flexibility index (Phi) is 3.42. The molecule has 0 radical (unpaired) electrons. The molecule has 0 saturated carbocycles. The average Bonchev–Trinajstić information content (AvgIpc) is 2.48. The van der Waals surface area contributed by atoms with Crippen LogP contribution >= 0.6 is 0 Å². The molecule has 1 aromatic heterocycles. The Morgan fingerprint density at radius 1 is 1.46 bits per heavy atom. The molecule has 1 heterocycles. The average molecular weight is 182 g/mol. The Morgan fingerprint density at radius 2 is 2.23 bits per heavy atom. The van der Waals surface area contributed by atoms with E-state index in [1.54, 1.807) is 0 Å². The largest absolute Gasteiger partial charge is 0.336 e. The van der Waals surface area contributed by atoms with Crippen molar-refractivity contribution in [3.05, 3.63) is 11.6 Å². The summed E-state index contributed by atoms with van der Waals surface area (Å²) in [5.74, 6) is 6.42. The van der Waals surface area contributed by atoms with Crippen LogP contribution in [0.1, 0.15) is 42.6 Å². The van der Waals surface area contributed by atoms with E-state index >= 15 is 0 Å². The van der Waals surface area contributed by atoms with Crippen LogP contribution in [-0.2, 0) is 6.42 Å². The van der Waals surface area contributed by atoms with E-state index < -0.39 is 0 Å². The molecule has 5 heteroatoms. The number of rotatable bonds is 5. The Hall–Kier alpha value is -1.39. The van der Waals surface area contributed by atoms with Crippen LogP contribution in [0.5, 0.6) is 0 Å². The van der Waals surface area contributed by atoms with Gasteiger partial charge in [0.2, 0.25) is 5.82 Å². The van der Waals surface area contributed by atoms with Crippen molar-refractivity contribution in [3.8, 4) is 0 Å². The molecule has 0 aromatic carbocycles. The van der Waals surface area contributed by atoms with E-state index in [0.717, 1.165) is 25.7 Å². The van der Waals surface area contributed by atoms with Crippen molar-refractivity contribution in [1.29, 1.82) is 0 Å². The Bertz CT molecular complexity index is 282. The smallest absolute Gasteiger partial charge is 0.215 e. The minimum Gasteiger partial charge on any atom is -0.336 e. The second kappa shape index (κ2) is 4.59. The van der Waals surface area contributed by atoms with Gasteiger partial charge in [0, 0.05) is 6.42 Å². The molecule has 1 rings (SSSR count). The SMILES string of the molecule is CCCCCc1nnc(C=O)n1N. The molecule has 0 unspecified atom stereocenters. The summed E-state index contributed by atoms with van der Waals surface area (Å²) in [6.07, 6.45) is 4.72. The van der Waals surface area contributed by atoms with E-state index in [1.807, 2.05) is 0 Å². The van der Waals surface area contributed by atoms with Gasteiger partial charge in [-0.2, -0.15) is 0 Å². The fraction of sp³-hybridized carbons (Fsp3) is 0.625. The molecule has 0 atom stereocenters. The summed E-state index contributed by atoms with van der Waals surface area (Å²) in [4.78, 5) is 10.4. The molecule has 13 heavy (non-hydrogen) atoms. The van der Waals surface area contributed by atoms with Gasteiger partial charge in [0.1, 0.15) is 0 Å². The quantitative estimate of drug-likeness (QED) is 0.409. The van der Waals surface area contributed by atoms with Crippen LogP contribution in [0.25, 0.3) is 0 Å². The number of nitrogen functional groups attached to an aromatic ring is 1. The van der Waals surface area contributed by atoms with Gasteiger partial charge in [0.15, 0.2) is 12.1 Å². The number of aryl methyl sites for hydroxylation is 1. The highest BCUT2D eigenvalue weighted by Gasteiger charge is 2.06. The third-order valence-electron chi connectivity index (χ3n) is 1.90. The van der Waals surface area contributed by atoms with Crippen LogP contribution in [0.3, 0.4) is 0 Å². The van der Waals surface area contributed by atoms with Gasteiger partial charge in [0.05, 0.1) is 0 Å². The summed E-state index contributed by atoms with van der Waals surface area (Å²) in [5.41, 5.74) is 0. The number of hydrogen-bond acceptors (Lipinski definition) is 4. The Balaban J connectivity index is 2.56. The predicted octanol–water partition coefficient (Wildman–Crippen LogP) is 0.537. The fourth-order valence-electron chi connectivity index (χ4n) is 1.12. The molecule has 0 fully saturated rings. The van der Waals surface area contributed by atoms with Gasteiger partial charge >= 0.3 is 0 Å². The summed E-state index contributed by atoms with van der Waals surface area (Å²) in [7, 11) is 0. The van der Waals surface area contributed by atoms with Gasteiger partial charge < -0.3 is 5.84 Å². The first-order chi connectivity index (χ1) is 6.29. The standard InChI is InChI=1S/C8H14N4O/c1-2-3-4-5-7-10-11-8(6-13)12(7)9/h6H,2-5,9H2,1H3. The Morgan fingerprint density at radius 3 is 2.77 bits per heavy atom. The van der Waals surface area contributed by atoms with Gasteiger partial charge in [-0.25, -0.2) is 4.68 Å². The number of nitrogens with zero attached hydrogens (tertiary/aromatic N) is 3. The van der Waals surface area contributed by atoms with E-state index in [-0.39, 0.29) is 5.82 Å². The minimum absolute atomic E-state index is 0.187. The van der Waals surface area contributed by atoms with Gasteiger partial charge in [-0.3, -0.25) is 4.79 Å². The normalized spacial score (nSPS) is 10.2. The summed E-state index contributed by atoms with van der Waals surface area (Å²) in [5, 5.41) is 7.45. The van der Waals surface area contributed by atoms with E-state index in [0.29, 0.717) is 12.1 Å². The van der Waals surface area contributed by atoms with Crippen LogP contribution < -0.4 is 5.84 Å². The fourth-order valence-corrected chi connectivity index (χ4v) is 1.12. The zero-order valence-electron chi connectivity index (χ0n) is 7.73. The molecule has 0 spiro atoms. The van der Waals surface area contributed by atoms with E-state index in [9.17, 15) is 4.79 Å². The number of unbranched alkanes of at least 4 members (excludes halogenated alkanes) is 2. The van der Waals surface area contributed by atoms with Crippen LogP contribution in [-0.4, -0.2) is 21.2 Å². The molecular formula is C8H14N4O. The molecule has 0 amide bonds. The van der Waals surface area contributed by atoms with E-state index in [2.05, 4.69) is 17.1 Å². The lowest BCUT2D eigenvalue weighted by atomic mass is 10.2. The third-order valence-corrected chi connectivity index (χ3v) is 1.90. The minimum atomic E-state index is 0.187. The molecule has 2 N–H and O–H groups in total. The van der Waals surface area contributed by atoms with Crippen molar-refractivity contribution in [3.63, 3.8) is 0 Å². The molecule has 1 aromatic rings. The first kappa shape index (κ1) is 9.70. The van der Waals surface area contributed by atoms with Crippen molar-refractivity contribution in [2.45, 2.75) is 32.6 Å². The predicted molar refractivity (Wildman–Crippen MR) is 48.8 cm³/mol. The van der Waals surface area contributed by atoms with Crippen molar-refractivity contribution >= 4 is 6.29 Å². The van der Waals surface area contributed by atoms with Crippen LogP contribution in [0.4, 0.5) is 0 Å². The highest BCUT2D eigenvalue weighted by atomic mass is 16.1. The van der Waals surface area contributed by atoms with Crippen molar-refractivity contribution in [2.75, 3.05) is 5.84 Å². The van der Waals surface area contributed by atoms with Gasteiger partial charge in [-0.15, -0.1) is 10.2 Å². The second-order valence-corrected chi connectivity index (χ2v) is 2.92. The lowest BCUT2D eigenvalue weighted by molar-refractivity contribution is 0.111. The van der Waals surface area contributed by atoms with Crippen molar-refractivity contribution < 1.29 is 4.79 Å².